The second-order valence-electron chi connectivity index (χ2n) is 6.40. The lowest BCUT2D eigenvalue weighted by Crippen LogP contribution is -2.24. The summed E-state index contributed by atoms with van der Waals surface area (Å²) in [6.45, 7) is 2.47. The number of amides is 1. The molecular formula is C22H19N5O. The van der Waals surface area contributed by atoms with Crippen LogP contribution in [0.4, 0.5) is 11.5 Å². The minimum absolute atomic E-state index is 0.246. The smallest absolute Gasteiger partial charge is 0.270 e. The van der Waals surface area contributed by atoms with Crippen molar-refractivity contribution >= 4 is 28.3 Å². The van der Waals surface area contributed by atoms with Crippen LogP contribution in [-0.4, -0.2) is 20.9 Å². The molecule has 2 aromatic heterocycles. The third-order valence-corrected chi connectivity index (χ3v) is 4.50. The number of anilines is 2. The van der Waals surface area contributed by atoms with Gasteiger partial charge in [-0.3, -0.25) is 9.78 Å². The van der Waals surface area contributed by atoms with Crippen molar-refractivity contribution in [3.8, 4) is 0 Å². The Morgan fingerprint density at radius 2 is 1.82 bits per heavy atom. The van der Waals surface area contributed by atoms with E-state index in [1.165, 1.54) is 6.33 Å². The first-order chi connectivity index (χ1) is 13.7. The van der Waals surface area contributed by atoms with Crippen molar-refractivity contribution in [1.82, 2.24) is 20.3 Å². The van der Waals surface area contributed by atoms with E-state index < -0.39 is 0 Å². The molecule has 0 unspecified atom stereocenters. The average Bonchev–Trinajstić information content (AvgIpc) is 2.73. The van der Waals surface area contributed by atoms with Crippen LogP contribution >= 0.6 is 0 Å². The fourth-order valence-corrected chi connectivity index (χ4v) is 2.97. The first-order valence-electron chi connectivity index (χ1n) is 8.96. The molecule has 138 valence electrons. The van der Waals surface area contributed by atoms with Crippen LogP contribution in [0.25, 0.3) is 10.9 Å². The summed E-state index contributed by atoms with van der Waals surface area (Å²) in [6.07, 6.45) is 3.13. The summed E-state index contributed by atoms with van der Waals surface area (Å²) < 4.78 is 0. The summed E-state index contributed by atoms with van der Waals surface area (Å²) in [5.41, 5.74) is 4.18. The molecule has 2 N–H and O–H groups in total. The number of hydrogen-bond acceptors (Lipinski definition) is 5. The molecule has 0 bridgehead atoms. The minimum Gasteiger partial charge on any atom is -0.347 e. The number of nitrogens with zero attached hydrogens (tertiary/aromatic N) is 3. The Balaban J connectivity index is 1.51. The number of pyridine rings is 1. The molecule has 0 aliphatic rings. The number of hydrogen-bond donors (Lipinski definition) is 2. The number of rotatable bonds is 5. The molecule has 6 heteroatoms. The second-order valence-corrected chi connectivity index (χ2v) is 6.40. The van der Waals surface area contributed by atoms with Gasteiger partial charge in [0.25, 0.3) is 5.91 Å². The van der Waals surface area contributed by atoms with Crippen LogP contribution in [-0.2, 0) is 6.54 Å². The van der Waals surface area contributed by atoms with Crippen LogP contribution < -0.4 is 10.6 Å². The Kier molecular flexibility index (Phi) is 4.93. The molecule has 28 heavy (non-hydrogen) atoms. The van der Waals surface area contributed by atoms with Gasteiger partial charge in [-0.2, -0.15) is 0 Å². The summed E-state index contributed by atoms with van der Waals surface area (Å²) in [6, 6.07) is 19.4. The van der Waals surface area contributed by atoms with Gasteiger partial charge in [0.1, 0.15) is 17.8 Å². The number of benzene rings is 2. The predicted molar refractivity (Wildman–Crippen MR) is 109 cm³/mol. The molecule has 0 aliphatic carbocycles. The van der Waals surface area contributed by atoms with Crippen LogP contribution in [0.15, 0.2) is 73.2 Å². The van der Waals surface area contributed by atoms with Crippen LogP contribution in [0.1, 0.15) is 21.6 Å². The van der Waals surface area contributed by atoms with Gasteiger partial charge >= 0.3 is 0 Å². The Bertz CT molecular complexity index is 1140. The Labute approximate surface area is 162 Å². The standard InChI is InChI=1S/C22H19N5O/c1-15-6-2-3-7-17(15)13-24-22(28)19-12-20(26-14-25-19)27-18-10-4-8-16-9-5-11-23-21(16)18/h2-12,14H,13H2,1H3,(H,24,28)(H,25,26,27). The van der Waals surface area contributed by atoms with E-state index in [-0.39, 0.29) is 5.91 Å². The Hall–Kier alpha value is -3.80. The van der Waals surface area contributed by atoms with E-state index in [1.54, 1.807) is 12.3 Å². The van der Waals surface area contributed by atoms with Gasteiger partial charge in [-0.05, 0) is 30.2 Å². The van der Waals surface area contributed by atoms with Crippen LogP contribution in [0, 0.1) is 6.92 Å². The Morgan fingerprint density at radius 1 is 0.964 bits per heavy atom. The van der Waals surface area contributed by atoms with Gasteiger partial charge in [0.05, 0.1) is 11.2 Å². The number of fused-ring (bicyclic) bond motifs is 1. The molecule has 1 amide bonds. The maximum atomic E-state index is 12.5. The summed E-state index contributed by atoms with van der Waals surface area (Å²) in [5, 5.41) is 7.16. The molecule has 0 atom stereocenters. The highest BCUT2D eigenvalue weighted by atomic mass is 16.1. The van der Waals surface area contributed by atoms with Crippen LogP contribution in [0.2, 0.25) is 0 Å². The third-order valence-electron chi connectivity index (χ3n) is 4.50. The lowest BCUT2D eigenvalue weighted by Gasteiger charge is -2.10. The van der Waals surface area contributed by atoms with Crippen molar-refractivity contribution < 1.29 is 4.79 Å². The van der Waals surface area contributed by atoms with E-state index in [9.17, 15) is 4.79 Å². The molecule has 6 nitrogen and oxygen atoms in total. The fraction of sp³-hybridized carbons (Fsp3) is 0.0909. The summed E-state index contributed by atoms with van der Waals surface area (Å²) in [5.74, 6) is 0.291. The first kappa shape index (κ1) is 17.6. The number of nitrogens with one attached hydrogen (secondary N) is 2. The quantitative estimate of drug-likeness (QED) is 0.556. The molecule has 0 saturated carbocycles. The van der Waals surface area contributed by atoms with Crippen molar-refractivity contribution in [3.63, 3.8) is 0 Å². The largest absolute Gasteiger partial charge is 0.347 e. The lowest BCUT2D eigenvalue weighted by atomic mass is 10.1. The van der Waals surface area contributed by atoms with E-state index >= 15 is 0 Å². The number of aromatic nitrogens is 3. The molecular weight excluding hydrogens is 350 g/mol. The van der Waals surface area contributed by atoms with Crippen molar-refractivity contribution in [2.24, 2.45) is 0 Å². The normalized spacial score (nSPS) is 10.6. The van der Waals surface area contributed by atoms with Gasteiger partial charge in [-0.15, -0.1) is 0 Å². The summed E-state index contributed by atoms with van der Waals surface area (Å²) in [7, 11) is 0. The van der Waals surface area contributed by atoms with E-state index in [2.05, 4.69) is 25.6 Å². The third kappa shape index (κ3) is 3.81. The number of carbonyl (C=O) groups excluding carboxylic acids is 1. The highest BCUT2D eigenvalue weighted by Crippen LogP contribution is 2.23. The van der Waals surface area contributed by atoms with E-state index in [0.717, 1.165) is 27.7 Å². The molecule has 0 saturated heterocycles. The molecule has 2 heterocycles. The zero-order valence-corrected chi connectivity index (χ0v) is 15.4. The monoisotopic (exact) mass is 369 g/mol. The van der Waals surface area contributed by atoms with Gasteiger partial charge in [-0.1, -0.05) is 42.5 Å². The van der Waals surface area contributed by atoms with E-state index in [1.807, 2.05) is 61.5 Å². The minimum atomic E-state index is -0.246. The highest BCUT2D eigenvalue weighted by molar-refractivity contribution is 5.94. The van der Waals surface area contributed by atoms with Gasteiger partial charge in [0.2, 0.25) is 0 Å². The average molecular weight is 369 g/mol. The lowest BCUT2D eigenvalue weighted by molar-refractivity contribution is 0.0945. The number of aryl methyl sites for hydroxylation is 1. The van der Waals surface area contributed by atoms with Crippen molar-refractivity contribution in [2.45, 2.75) is 13.5 Å². The molecule has 0 fully saturated rings. The van der Waals surface area contributed by atoms with Crippen molar-refractivity contribution in [3.05, 3.63) is 90.0 Å². The fourth-order valence-electron chi connectivity index (χ4n) is 2.97. The van der Waals surface area contributed by atoms with Gasteiger partial charge in [-0.25, -0.2) is 9.97 Å². The highest BCUT2D eigenvalue weighted by Gasteiger charge is 2.10. The maximum Gasteiger partial charge on any atom is 0.270 e. The second kappa shape index (κ2) is 7.84. The Morgan fingerprint density at radius 3 is 2.71 bits per heavy atom. The summed E-state index contributed by atoms with van der Waals surface area (Å²) in [4.78, 5) is 25.3. The van der Waals surface area contributed by atoms with E-state index in [0.29, 0.717) is 18.1 Å². The SMILES string of the molecule is Cc1ccccc1CNC(=O)c1cc(Nc2cccc3cccnc23)ncn1. The number of para-hydroxylation sites is 1. The first-order valence-corrected chi connectivity index (χ1v) is 8.96. The van der Waals surface area contributed by atoms with Crippen LogP contribution in [0.5, 0.6) is 0 Å². The maximum absolute atomic E-state index is 12.5. The molecule has 0 radical (unpaired) electrons. The van der Waals surface area contributed by atoms with Gasteiger partial charge in [0, 0.05) is 24.2 Å². The van der Waals surface area contributed by atoms with E-state index in [4.69, 9.17) is 0 Å². The molecule has 4 aromatic rings. The zero-order chi connectivity index (χ0) is 19.3. The predicted octanol–water partition coefficient (Wildman–Crippen LogP) is 4.01. The van der Waals surface area contributed by atoms with Gasteiger partial charge < -0.3 is 10.6 Å². The topological polar surface area (TPSA) is 79.8 Å². The summed E-state index contributed by atoms with van der Waals surface area (Å²) >= 11 is 0. The zero-order valence-electron chi connectivity index (χ0n) is 15.4. The molecule has 0 spiro atoms. The molecule has 0 aliphatic heterocycles. The van der Waals surface area contributed by atoms with Gasteiger partial charge in [0.15, 0.2) is 0 Å². The van der Waals surface area contributed by atoms with Crippen molar-refractivity contribution in [1.29, 1.82) is 0 Å². The number of carbonyl (C=O) groups is 1. The molecule has 2 aromatic carbocycles. The van der Waals surface area contributed by atoms with Crippen LogP contribution in [0.3, 0.4) is 0 Å². The van der Waals surface area contributed by atoms with Crippen molar-refractivity contribution in [2.75, 3.05) is 5.32 Å². The molecule has 4 rings (SSSR count).